The number of hydrogen-bond acceptors (Lipinski definition) is 3. The monoisotopic (exact) mass is 248 g/mol. The van der Waals surface area contributed by atoms with E-state index in [1.165, 1.54) is 12.1 Å². The Kier molecular flexibility index (Phi) is 3.77. The molecule has 4 heteroatoms. The molecule has 0 fully saturated rings. The van der Waals surface area contributed by atoms with Gasteiger partial charge in [-0.2, -0.15) is 0 Å². The molecule has 1 atom stereocenters. The third-order valence-electron chi connectivity index (χ3n) is 2.73. The first-order valence-electron chi connectivity index (χ1n) is 6.07. The highest BCUT2D eigenvalue weighted by molar-refractivity contribution is 5.57. The highest BCUT2D eigenvalue weighted by Crippen LogP contribution is 2.24. The third-order valence-corrected chi connectivity index (χ3v) is 2.73. The predicted molar refractivity (Wildman–Crippen MR) is 68.7 cm³/mol. The van der Waals surface area contributed by atoms with Crippen LogP contribution in [0.1, 0.15) is 31.3 Å². The van der Waals surface area contributed by atoms with Gasteiger partial charge in [-0.05, 0) is 44.2 Å². The van der Waals surface area contributed by atoms with Crippen molar-refractivity contribution < 1.29 is 8.81 Å². The fourth-order valence-corrected chi connectivity index (χ4v) is 1.89. The molecule has 1 aromatic heterocycles. The van der Waals surface area contributed by atoms with Crippen LogP contribution in [0.15, 0.2) is 28.8 Å². The molecule has 18 heavy (non-hydrogen) atoms. The summed E-state index contributed by atoms with van der Waals surface area (Å²) in [5, 5.41) is 3.22. The number of hydrogen-bond donors (Lipinski definition) is 1. The second kappa shape index (κ2) is 5.31. The van der Waals surface area contributed by atoms with Crippen LogP contribution in [0, 0.1) is 12.7 Å². The van der Waals surface area contributed by atoms with E-state index in [2.05, 4.69) is 10.3 Å². The van der Waals surface area contributed by atoms with E-state index < -0.39 is 0 Å². The summed E-state index contributed by atoms with van der Waals surface area (Å²) in [6.07, 6.45) is 1.64. The highest BCUT2D eigenvalue weighted by atomic mass is 19.1. The molecule has 3 nitrogen and oxygen atoms in total. The van der Waals surface area contributed by atoms with Crippen molar-refractivity contribution in [3.8, 4) is 11.3 Å². The molecule has 0 aliphatic heterocycles. The van der Waals surface area contributed by atoms with Crippen molar-refractivity contribution in [3.05, 3.63) is 41.7 Å². The fraction of sp³-hybridized carbons (Fsp3) is 0.357. The summed E-state index contributed by atoms with van der Waals surface area (Å²) in [5.74, 6) is 0.953. The Morgan fingerprint density at radius 1 is 1.39 bits per heavy atom. The number of nitrogens with one attached hydrogen (secondary N) is 1. The van der Waals surface area contributed by atoms with E-state index in [0.717, 1.165) is 17.7 Å². The van der Waals surface area contributed by atoms with Crippen LogP contribution in [-0.2, 0) is 0 Å². The average molecular weight is 248 g/mol. The lowest BCUT2D eigenvalue weighted by Gasteiger charge is -2.06. The summed E-state index contributed by atoms with van der Waals surface area (Å²) in [4.78, 5) is 4.22. The molecule has 1 N–H and O–H groups in total. The summed E-state index contributed by atoms with van der Waals surface area (Å²) in [6, 6.07) is 4.88. The number of oxazole rings is 1. The van der Waals surface area contributed by atoms with Crippen LogP contribution < -0.4 is 5.32 Å². The van der Waals surface area contributed by atoms with Crippen LogP contribution in [0.3, 0.4) is 0 Å². The van der Waals surface area contributed by atoms with Gasteiger partial charge >= 0.3 is 0 Å². The summed E-state index contributed by atoms with van der Waals surface area (Å²) >= 11 is 0. The molecular formula is C14H17FN2O. The van der Waals surface area contributed by atoms with E-state index in [-0.39, 0.29) is 11.9 Å². The SMILES string of the molecule is CCNC(C)c1ncc(-c2cc(C)cc(F)c2)o1. The minimum atomic E-state index is -0.261. The molecule has 2 rings (SSSR count). The molecular weight excluding hydrogens is 231 g/mol. The average Bonchev–Trinajstić information content (AvgIpc) is 2.77. The molecule has 96 valence electrons. The molecule has 0 aliphatic carbocycles. The largest absolute Gasteiger partial charge is 0.439 e. The van der Waals surface area contributed by atoms with Gasteiger partial charge < -0.3 is 9.73 Å². The van der Waals surface area contributed by atoms with Crippen LogP contribution in [0.4, 0.5) is 4.39 Å². The Labute approximate surface area is 106 Å². The molecule has 0 bridgehead atoms. The first kappa shape index (κ1) is 12.8. The molecule has 0 aliphatic rings. The maximum Gasteiger partial charge on any atom is 0.211 e. The molecule has 0 spiro atoms. The van der Waals surface area contributed by atoms with Crippen molar-refractivity contribution >= 4 is 0 Å². The van der Waals surface area contributed by atoms with Crippen LogP contribution in [-0.4, -0.2) is 11.5 Å². The van der Waals surface area contributed by atoms with E-state index in [4.69, 9.17) is 4.42 Å². The van der Waals surface area contributed by atoms with Gasteiger partial charge in [-0.1, -0.05) is 6.92 Å². The topological polar surface area (TPSA) is 38.1 Å². The van der Waals surface area contributed by atoms with E-state index in [1.807, 2.05) is 26.8 Å². The summed E-state index contributed by atoms with van der Waals surface area (Å²) < 4.78 is 19.0. The number of aryl methyl sites for hydroxylation is 1. The van der Waals surface area contributed by atoms with Crippen molar-refractivity contribution in [2.45, 2.75) is 26.8 Å². The molecule has 0 radical (unpaired) electrons. The maximum atomic E-state index is 13.3. The fourth-order valence-electron chi connectivity index (χ4n) is 1.89. The van der Waals surface area contributed by atoms with Gasteiger partial charge in [-0.25, -0.2) is 9.37 Å². The van der Waals surface area contributed by atoms with E-state index in [9.17, 15) is 4.39 Å². The minimum Gasteiger partial charge on any atom is -0.439 e. The molecule has 1 aromatic carbocycles. The van der Waals surface area contributed by atoms with Gasteiger partial charge in [0.15, 0.2) is 5.76 Å². The smallest absolute Gasteiger partial charge is 0.211 e. The minimum absolute atomic E-state index is 0.0541. The van der Waals surface area contributed by atoms with Gasteiger partial charge in [-0.3, -0.25) is 0 Å². The van der Waals surface area contributed by atoms with Gasteiger partial charge in [0.05, 0.1) is 12.2 Å². The second-order valence-electron chi connectivity index (χ2n) is 4.36. The van der Waals surface area contributed by atoms with Gasteiger partial charge in [-0.15, -0.1) is 0 Å². The third kappa shape index (κ3) is 2.76. The van der Waals surface area contributed by atoms with E-state index in [0.29, 0.717) is 11.7 Å². The zero-order valence-electron chi connectivity index (χ0n) is 10.8. The van der Waals surface area contributed by atoms with Crippen LogP contribution in [0.25, 0.3) is 11.3 Å². The van der Waals surface area contributed by atoms with Crippen LogP contribution in [0.2, 0.25) is 0 Å². The molecule has 1 heterocycles. The first-order valence-corrected chi connectivity index (χ1v) is 6.07. The Morgan fingerprint density at radius 3 is 2.83 bits per heavy atom. The zero-order valence-corrected chi connectivity index (χ0v) is 10.8. The second-order valence-corrected chi connectivity index (χ2v) is 4.36. The highest BCUT2D eigenvalue weighted by Gasteiger charge is 2.12. The van der Waals surface area contributed by atoms with Crippen LogP contribution >= 0.6 is 0 Å². The van der Waals surface area contributed by atoms with Crippen molar-refractivity contribution in [2.75, 3.05) is 6.54 Å². The van der Waals surface area contributed by atoms with Gasteiger partial charge in [0.1, 0.15) is 5.82 Å². The number of benzene rings is 1. The van der Waals surface area contributed by atoms with Crippen molar-refractivity contribution in [1.29, 1.82) is 0 Å². The quantitative estimate of drug-likeness (QED) is 0.900. The van der Waals surface area contributed by atoms with Crippen molar-refractivity contribution in [3.63, 3.8) is 0 Å². The lowest BCUT2D eigenvalue weighted by atomic mass is 10.1. The number of halogens is 1. The van der Waals surface area contributed by atoms with Crippen molar-refractivity contribution in [1.82, 2.24) is 10.3 Å². The van der Waals surface area contributed by atoms with E-state index >= 15 is 0 Å². The molecule has 0 saturated heterocycles. The standard InChI is InChI=1S/C14H17FN2O/c1-4-16-10(3)14-17-8-13(18-14)11-5-9(2)6-12(15)7-11/h5-8,10,16H,4H2,1-3H3. The summed E-state index contributed by atoms with van der Waals surface area (Å²) in [6.45, 7) is 6.70. The van der Waals surface area contributed by atoms with Crippen LogP contribution in [0.5, 0.6) is 0 Å². The number of nitrogens with zero attached hydrogens (tertiary/aromatic N) is 1. The Bertz CT molecular complexity index is 516. The van der Waals surface area contributed by atoms with Gasteiger partial charge in [0, 0.05) is 5.56 Å². The molecule has 0 saturated carbocycles. The molecule has 0 amide bonds. The Balaban J connectivity index is 2.29. The van der Waals surface area contributed by atoms with Crippen molar-refractivity contribution in [2.24, 2.45) is 0 Å². The zero-order chi connectivity index (χ0) is 13.1. The summed E-state index contributed by atoms with van der Waals surface area (Å²) in [5.41, 5.74) is 1.58. The number of rotatable bonds is 4. The van der Waals surface area contributed by atoms with E-state index in [1.54, 1.807) is 6.20 Å². The Morgan fingerprint density at radius 2 is 2.17 bits per heavy atom. The first-order chi connectivity index (χ1) is 8.60. The summed E-state index contributed by atoms with van der Waals surface area (Å²) in [7, 11) is 0. The lowest BCUT2D eigenvalue weighted by molar-refractivity contribution is 0.429. The maximum absolute atomic E-state index is 13.3. The molecule has 2 aromatic rings. The number of aromatic nitrogens is 1. The van der Waals surface area contributed by atoms with Gasteiger partial charge in [0.2, 0.25) is 5.89 Å². The van der Waals surface area contributed by atoms with Gasteiger partial charge in [0.25, 0.3) is 0 Å². The Hall–Kier alpha value is -1.68. The predicted octanol–water partition coefficient (Wildman–Crippen LogP) is 3.46. The molecule has 1 unspecified atom stereocenters. The normalized spacial score (nSPS) is 12.7. The lowest BCUT2D eigenvalue weighted by Crippen LogP contribution is -2.17.